The number of hydrogen-bond acceptors (Lipinski definition) is 5. The molecule has 2 rings (SSSR count). The number of benzene rings is 2. The summed E-state index contributed by atoms with van der Waals surface area (Å²) in [6, 6.07) is 12.5. The molecule has 5 heteroatoms. The van der Waals surface area contributed by atoms with Crippen molar-refractivity contribution in [2.75, 3.05) is 12.6 Å². The number of anilines is 1. The van der Waals surface area contributed by atoms with E-state index in [1.54, 1.807) is 31.4 Å². The van der Waals surface area contributed by atoms with Crippen LogP contribution >= 0.6 is 0 Å². The minimum absolute atomic E-state index is 0.140. The van der Waals surface area contributed by atoms with Crippen molar-refractivity contribution in [2.24, 2.45) is 5.92 Å². The third-order valence-electron chi connectivity index (χ3n) is 3.52. The summed E-state index contributed by atoms with van der Waals surface area (Å²) in [4.78, 5) is 12.1. The van der Waals surface area contributed by atoms with Crippen LogP contribution in [-0.4, -0.2) is 18.3 Å². The smallest absolute Gasteiger partial charge is 0.315 e. The third kappa shape index (κ3) is 13.4. The van der Waals surface area contributed by atoms with E-state index in [0.29, 0.717) is 17.4 Å². The van der Waals surface area contributed by atoms with E-state index < -0.39 is 5.97 Å². The monoisotopic (exact) mass is 433 g/mol. The van der Waals surface area contributed by atoms with E-state index in [1.807, 2.05) is 59.7 Å². The second-order valence-electron chi connectivity index (χ2n) is 7.25. The SMILES string of the molecule is CC.CC.CC(C)C.COc1ccc(CC(=O)Oc2cc(C(C)C)ccc2NO)cc1. The van der Waals surface area contributed by atoms with Crippen LogP contribution in [0.2, 0.25) is 0 Å². The van der Waals surface area contributed by atoms with E-state index >= 15 is 0 Å². The van der Waals surface area contributed by atoms with Crippen molar-refractivity contribution in [2.45, 2.75) is 74.7 Å². The van der Waals surface area contributed by atoms with Gasteiger partial charge in [0, 0.05) is 0 Å². The molecule has 0 aliphatic carbocycles. The molecule has 31 heavy (non-hydrogen) atoms. The van der Waals surface area contributed by atoms with Crippen molar-refractivity contribution in [3.05, 3.63) is 53.6 Å². The summed E-state index contributed by atoms with van der Waals surface area (Å²) in [7, 11) is 1.59. The van der Waals surface area contributed by atoms with Crippen molar-refractivity contribution >= 4 is 11.7 Å². The lowest BCUT2D eigenvalue weighted by Crippen LogP contribution is -2.12. The topological polar surface area (TPSA) is 67.8 Å². The molecule has 0 heterocycles. The summed E-state index contributed by atoms with van der Waals surface area (Å²) in [5.41, 5.74) is 4.26. The van der Waals surface area contributed by atoms with E-state index in [4.69, 9.17) is 14.7 Å². The van der Waals surface area contributed by atoms with Crippen LogP contribution in [0.15, 0.2) is 42.5 Å². The number of hydrogen-bond donors (Lipinski definition) is 2. The first kappa shape index (κ1) is 30.7. The highest BCUT2D eigenvalue weighted by Crippen LogP contribution is 2.29. The minimum Gasteiger partial charge on any atom is -0.497 e. The molecule has 0 saturated carbocycles. The van der Waals surface area contributed by atoms with Crippen LogP contribution in [0.25, 0.3) is 0 Å². The minimum atomic E-state index is -0.396. The van der Waals surface area contributed by atoms with E-state index in [0.717, 1.165) is 22.8 Å². The highest BCUT2D eigenvalue weighted by Gasteiger charge is 2.12. The molecule has 5 nitrogen and oxygen atoms in total. The zero-order chi connectivity index (χ0) is 24.4. The second-order valence-corrected chi connectivity index (χ2v) is 7.25. The van der Waals surface area contributed by atoms with Crippen LogP contribution < -0.4 is 15.0 Å². The van der Waals surface area contributed by atoms with Gasteiger partial charge in [-0.2, -0.15) is 0 Å². The fourth-order valence-corrected chi connectivity index (χ4v) is 2.14. The highest BCUT2D eigenvalue weighted by molar-refractivity contribution is 5.77. The van der Waals surface area contributed by atoms with Gasteiger partial charge in [-0.05, 0) is 47.2 Å². The standard InChI is InChI=1S/C18H21NO4.C4H10.2C2H6/c1-12(2)14-6-9-16(19-21)17(11-14)23-18(20)10-13-4-7-15(22-3)8-5-13;1-4(2)3;2*1-2/h4-9,11-12,19,21H,10H2,1-3H3;4H,1-3H3;2*1-2H3. The Labute approximate surface area is 189 Å². The van der Waals surface area contributed by atoms with E-state index in [1.165, 1.54) is 0 Å². The Hall–Kier alpha value is -2.53. The summed E-state index contributed by atoms with van der Waals surface area (Å²) in [6.07, 6.45) is 0.140. The predicted molar refractivity (Wildman–Crippen MR) is 131 cm³/mol. The summed E-state index contributed by atoms with van der Waals surface area (Å²) < 4.78 is 10.5. The van der Waals surface area contributed by atoms with Crippen LogP contribution in [0.1, 0.15) is 79.4 Å². The molecule has 0 aromatic heterocycles. The lowest BCUT2D eigenvalue weighted by atomic mass is 10.0. The molecule has 2 aromatic carbocycles. The number of carbonyl (C=O) groups is 1. The van der Waals surface area contributed by atoms with Gasteiger partial charge in [-0.3, -0.25) is 15.5 Å². The first-order valence-corrected chi connectivity index (χ1v) is 11.1. The predicted octanol–water partition coefficient (Wildman–Crippen LogP) is 7.48. The average Bonchev–Trinajstić information content (AvgIpc) is 2.76. The van der Waals surface area contributed by atoms with Crippen LogP contribution in [0.5, 0.6) is 11.5 Å². The first-order chi connectivity index (χ1) is 14.8. The van der Waals surface area contributed by atoms with Gasteiger partial charge >= 0.3 is 5.97 Å². The van der Waals surface area contributed by atoms with Crippen LogP contribution in [0, 0.1) is 5.92 Å². The molecule has 0 saturated heterocycles. The van der Waals surface area contributed by atoms with Gasteiger partial charge in [-0.25, -0.2) is 0 Å². The molecule has 2 aromatic rings. The lowest BCUT2D eigenvalue weighted by Gasteiger charge is -2.13. The quantitative estimate of drug-likeness (QED) is 0.281. The summed E-state index contributed by atoms with van der Waals surface area (Å²) in [5, 5.41) is 9.15. The van der Waals surface area contributed by atoms with Crippen molar-refractivity contribution in [3.63, 3.8) is 0 Å². The van der Waals surface area contributed by atoms with Crippen molar-refractivity contribution in [1.82, 2.24) is 0 Å². The van der Waals surface area contributed by atoms with Crippen LogP contribution in [0.4, 0.5) is 5.69 Å². The van der Waals surface area contributed by atoms with Gasteiger partial charge in [0.1, 0.15) is 11.4 Å². The molecule has 0 radical (unpaired) electrons. The van der Waals surface area contributed by atoms with Gasteiger partial charge in [0.25, 0.3) is 0 Å². The first-order valence-electron chi connectivity index (χ1n) is 11.1. The molecular formula is C26H43NO4. The Balaban J connectivity index is 0. The highest BCUT2D eigenvalue weighted by atomic mass is 16.5. The zero-order valence-corrected chi connectivity index (χ0v) is 21.1. The van der Waals surface area contributed by atoms with Crippen molar-refractivity contribution < 1.29 is 19.5 Å². The molecule has 176 valence electrons. The molecular weight excluding hydrogens is 390 g/mol. The summed E-state index contributed by atoms with van der Waals surface area (Å²) in [5.74, 6) is 1.78. The van der Waals surface area contributed by atoms with Gasteiger partial charge in [0.05, 0.1) is 13.5 Å². The number of carbonyl (C=O) groups excluding carboxylic acids is 1. The van der Waals surface area contributed by atoms with Crippen molar-refractivity contribution in [1.29, 1.82) is 0 Å². The molecule has 0 aliphatic rings. The van der Waals surface area contributed by atoms with Gasteiger partial charge in [0.15, 0.2) is 5.75 Å². The molecule has 0 aliphatic heterocycles. The molecule has 0 spiro atoms. The molecule has 0 fully saturated rings. The Kier molecular flexibility index (Phi) is 18.1. The van der Waals surface area contributed by atoms with Crippen LogP contribution in [-0.2, 0) is 11.2 Å². The number of esters is 1. The molecule has 0 bridgehead atoms. The Morgan fingerprint density at radius 1 is 0.935 bits per heavy atom. The third-order valence-corrected chi connectivity index (χ3v) is 3.52. The maximum Gasteiger partial charge on any atom is 0.315 e. The molecule has 2 N–H and O–H groups in total. The molecule has 0 unspecified atom stereocenters. The zero-order valence-electron chi connectivity index (χ0n) is 21.1. The Bertz CT molecular complexity index is 707. The second kappa shape index (κ2) is 18.3. The number of ether oxygens (including phenoxy) is 2. The summed E-state index contributed by atoms with van der Waals surface area (Å²) >= 11 is 0. The van der Waals surface area contributed by atoms with E-state index in [9.17, 15) is 4.79 Å². The fourth-order valence-electron chi connectivity index (χ4n) is 2.14. The summed E-state index contributed by atoms with van der Waals surface area (Å²) in [6.45, 7) is 18.6. The van der Waals surface area contributed by atoms with Crippen LogP contribution in [0.3, 0.4) is 0 Å². The maximum absolute atomic E-state index is 12.1. The van der Waals surface area contributed by atoms with Gasteiger partial charge < -0.3 is 9.47 Å². The number of nitrogens with one attached hydrogen (secondary N) is 1. The normalized spacial score (nSPS) is 9.32. The van der Waals surface area contributed by atoms with Crippen molar-refractivity contribution in [3.8, 4) is 11.5 Å². The van der Waals surface area contributed by atoms with E-state index in [-0.39, 0.29) is 6.42 Å². The maximum atomic E-state index is 12.1. The average molecular weight is 434 g/mol. The van der Waals surface area contributed by atoms with Gasteiger partial charge in [-0.15, -0.1) is 0 Å². The van der Waals surface area contributed by atoms with E-state index in [2.05, 4.69) is 26.3 Å². The van der Waals surface area contributed by atoms with Gasteiger partial charge in [0.2, 0.25) is 0 Å². The lowest BCUT2D eigenvalue weighted by molar-refractivity contribution is -0.133. The van der Waals surface area contributed by atoms with Gasteiger partial charge in [-0.1, -0.05) is 80.5 Å². The molecule has 0 amide bonds. The number of rotatable bonds is 6. The largest absolute Gasteiger partial charge is 0.497 e. The Morgan fingerprint density at radius 2 is 1.45 bits per heavy atom. The number of methoxy groups -OCH3 is 1. The molecule has 0 atom stereocenters. The fraction of sp³-hybridized carbons (Fsp3) is 0.500. The Morgan fingerprint density at radius 3 is 1.87 bits per heavy atom.